The Morgan fingerprint density at radius 3 is 2.62 bits per heavy atom. The number of hydrogen-bond acceptors (Lipinski definition) is 1. The predicted octanol–water partition coefficient (Wildman–Crippen LogP) is 3.91. The van der Waals surface area contributed by atoms with Crippen LogP contribution in [0.15, 0.2) is 12.1 Å². The number of benzene rings is 1. The lowest BCUT2D eigenvalue weighted by Gasteiger charge is -2.28. The smallest absolute Gasteiger partial charge is 0.0696 e. The number of aryl methyl sites for hydroxylation is 1. The molecule has 2 rings (SSSR count). The highest BCUT2D eigenvalue weighted by Gasteiger charge is 2.32. The molecular formula is C14H19ClO. The molecule has 0 radical (unpaired) electrons. The predicted molar refractivity (Wildman–Crippen MR) is 67.9 cm³/mol. The molecule has 1 aliphatic rings. The average Bonchev–Trinajstić information content (AvgIpc) is 2.58. The molecule has 1 aliphatic carbocycles. The fourth-order valence-corrected chi connectivity index (χ4v) is 2.94. The second kappa shape index (κ2) is 4.05. The minimum atomic E-state index is 0.0307. The van der Waals surface area contributed by atoms with Crippen LogP contribution in [0, 0.1) is 5.41 Å². The molecular weight excluding hydrogens is 220 g/mol. The molecule has 0 spiro atoms. The highest BCUT2D eigenvalue weighted by Crippen LogP contribution is 2.45. The molecule has 1 aromatic carbocycles. The van der Waals surface area contributed by atoms with Gasteiger partial charge in [0, 0.05) is 5.02 Å². The van der Waals surface area contributed by atoms with Crippen molar-refractivity contribution in [3.05, 3.63) is 33.8 Å². The van der Waals surface area contributed by atoms with E-state index in [9.17, 15) is 5.11 Å². The van der Waals surface area contributed by atoms with Crippen LogP contribution in [0.5, 0.6) is 0 Å². The van der Waals surface area contributed by atoms with Crippen molar-refractivity contribution in [2.75, 3.05) is 0 Å². The molecule has 0 fully saturated rings. The molecule has 1 atom stereocenters. The summed E-state index contributed by atoms with van der Waals surface area (Å²) >= 11 is 6.11. The van der Waals surface area contributed by atoms with Gasteiger partial charge < -0.3 is 5.11 Å². The Balaban J connectivity index is 2.47. The maximum Gasteiger partial charge on any atom is 0.0696 e. The largest absolute Gasteiger partial charge is 0.392 e. The zero-order chi connectivity index (χ0) is 11.9. The number of fused-ring (bicyclic) bond motifs is 1. The van der Waals surface area contributed by atoms with Crippen molar-refractivity contribution in [2.45, 2.75) is 46.1 Å². The van der Waals surface area contributed by atoms with Gasteiger partial charge in [0.2, 0.25) is 0 Å². The van der Waals surface area contributed by atoms with Gasteiger partial charge in [-0.05, 0) is 46.9 Å². The van der Waals surface area contributed by atoms with E-state index >= 15 is 0 Å². The molecule has 0 aliphatic heterocycles. The van der Waals surface area contributed by atoms with E-state index in [1.807, 2.05) is 6.07 Å². The molecule has 0 aromatic heterocycles. The summed E-state index contributed by atoms with van der Waals surface area (Å²) in [5.74, 6) is 0.588. The monoisotopic (exact) mass is 238 g/mol. The van der Waals surface area contributed by atoms with E-state index in [-0.39, 0.29) is 12.0 Å². The molecule has 0 bridgehead atoms. The summed E-state index contributed by atoms with van der Waals surface area (Å²) in [4.78, 5) is 0. The minimum Gasteiger partial charge on any atom is -0.392 e. The van der Waals surface area contributed by atoms with Gasteiger partial charge in [-0.1, -0.05) is 38.4 Å². The molecule has 1 aromatic rings. The van der Waals surface area contributed by atoms with Gasteiger partial charge in [-0.15, -0.1) is 0 Å². The summed E-state index contributed by atoms with van der Waals surface area (Å²) in [5.41, 5.74) is 3.89. The van der Waals surface area contributed by atoms with Gasteiger partial charge in [-0.2, -0.15) is 0 Å². The van der Waals surface area contributed by atoms with E-state index < -0.39 is 0 Å². The van der Waals surface area contributed by atoms with Crippen molar-refractivity contribution in [1.29, 1.82) is 0 Å². The Kier molecular flexibility index (Phi) is 3.02. The highest BCUT2D eigenvalue weighted by atomic mass is 35.5. The second-order valence-electron chi connectivity index (χ2n) is 5.76. The molecule has 0 saturated carbocycles. The maximum absolute atomic E-state index is 9.25. The lowest BCUT2D eigenvalue weighted by molar-refractivity contribution is 0.281. The Morgan fingerprint density at radius 2 is 2.06 bits per heavy atom. The molecule has 16 heavy (non-hydrogen) atoms. The van der Waals surface area contributed by atoms with Crippen LogP contribution in [-0.4, -0.2) is 5.11 Å². The summed E-state index contributed by atoms with van der Waals surface area (Å²) in [5, 5.41) is 9.96. The molecule has 1 N–H and O–H groups in total. The topological polar surface area (TPSA) is 20.2 Å². The van der Waals surface area contributed by atoms with E-state index in [1.54, 1.807) is 0 Å². The molecule has 0 amide bonds. The van der Waals surface area contributed by atoms with Crippen molar-refractivity contribution >= 4 is 11.6 Å². The van der Waals surface area contributed by atoms with Gasteiger partial charge in [0.25, 0.3) is 0 Å². The zero-order valence-electron chi connectivity index (χ0n) is 10.2. The van der Waals surface area contributed by atoms with Crippen LogP contribution < -0.4 is 0 Å². The van der Waals surface area contributed by atoms with Crippen LogP contribution in [0.25, 0.3) is 0 Å². The number of hydrogen-bond donors (Lipinski definition) is 1. The summed E-state index contributed by atoms with van der Waals surface area (Å²) < 4.78 is 0. The van der Waals surface area contributed by atoms with Gasteiger partial charge in [-0.3, -0.25) is 0 Å². The SMILES string of the molecule is CC(C)(C)C1CCc2cc(Cl)c(CO)cc21. The van der Waals surface area contributed by atoms with Crippen molar-refractivity contribution in [2.24, 2.45) is 5.41 Å². The van der Waals surface area contributed by atoms with Crippen LogP contribution >= 0.6 is 11.6 Å². The summed E-state index contributed by atoms with van der Waals surface area (Å²) in [6.45, 7) is 6.86. The Hall–Kier alpha value is -0.530. The summed E-state index contributed by atoms with van der Waals surface area (Å²) in [7, 11) is 0. The van der Waals surface area contributed by atoms with Crippen molar-refractivity contribution in [3.63, 3.8) is 0 Å². The molecule has 1 unspecified atom stereocenters. The van der Waals surface area contributed by atoms with Crippen LogP contribution in [0.1, 0.15) is 49.8 Å². The molecule has 88 valence electrons. The van der Waals surface area contributed by atoms with Crippen LogP contribution in [0.3, 0.4) is 0 Å². The molecule has 0 saturated heterocycles. The standard InChI is InChI=1S/C14H19ClO/c1-14(2,3)12-5-4-9-7-13(15)10(8-16)6-11(9)12/h6-7,12,16H,4-5,8H2,1-3H3. The third-order valence-corrected chi connectivity index (χ3v) is 3.95. The number of halogens is 1. The number of aliphatic hydroxyl groups excluding tert-OH is 1. The first-order valence-corrected chi connectivity index (χ1v) is 6.23. The normalized spacial score (nSPS) is 19.9. The molecule has 0 heterocycles. The molecule has 2 heteroatoms. The van der Waals surface area contributed by atoms with Gasteiger partial charge in [0.05, 0.1) is 6.61 Å². The first-order valence-electron chi connectivity index (χ1n) is 5.85. The average molecular weight is 239 g/mol. The van der Waals surface area contributed by atoms with Gasteiger partial charge >= 0.3 is 0 Å². The highest BCUT2D eigenvalue weighted by molar-refractivity contribution is 6.31. The summed E-state index contributed by atoms with van der Waals surface area (Å²) in [6, 6.07) is 4.13. The Morgan fingerprint density at radius 1 is 1.38 bits per heavy atom. The van der Waals surface area contributed by atoms with E-state index in [2.05, 4.69) is 26.8 Å². The third-order valence-electron chi connectivity index (χ3n) is 3.60. The van der Waals surface area contributed by atoms with Gasteiger partial charge in [0.1, 0.15) is 0 Å². The Bertz CT molecular complexity index is 404. The molecule has 1 nitrogen and oxygen atoms in total. The van der Waals surface area contributed by atoms with E-state index in [1.165, 1.54) is 17.5 Å². The van der Waals surface area contributed by atoms with E-state index in [4.69, 9.17) is 11.6 Å². The van der Waals surface area contributed by atoms with Crippen molar-refractivity contribution in [3.8, 4) is 0 Å². The first kappa shape index (κ1) is 11.9. The van der Waals surface area contributed by atoms with Gasteiger partial charge in [-0.25, -0.2) is 0 Å². The first-order chi connectivity index (χ1) is 7.43. The minimum absolute atomic E-state index is 0.0307. The van der Waals surface area contributed by atoms with E-state index in [0.717, 1.165) is 12.0 Å². The Labute approximate surface area is 102 Å². The maximum atomic E-state index is 9.25. The summed E-state index contributed by atoms with van der Waals surface area (Å²) in [6.07, 6.45) is 2.31. The lowest BCUT2D eigenvalue weighted by Crippen LogP contribution is -2.16. The zero-order valence-corrected chi connectivity index (χ0v) is 10.9. The number of rotatable bonds is 1. The third kappa shape index (κ3) is 1.99. The van der Waals surface area contributed by atoms with E-state index in [0.29, 0.717) is 10.9 Å². The van der Waals surface area contributed by atoms with Gasteiger partial charge in [0.15, 0.2) is 0 Å². The number of aliphatic hydroxyl groups is 1. The van der Waals surface area contributed by atoms with Crippen LogP contribution in [-0.2, 0) is 13.0 Å². The lowest BCUT2D eigenvalue weighted by atomic mass is 9.77. The second-order valence-corrected chi connectivity index (χ2v) is 6.17. The quantitative estimate of drug-likeness (QED) is 0.787. The fraction of sp³-hybridized carbons (Fsp3) is 0.571. The fourth-order valence-electron chi connectivity index (χ4n) is 2.70. The van der Waals surface area contributed by atoms with Crippen molar-refractivity contribution < 1.29 is 5.11 Å². The van der Waals surface area contributed by atoms with Crippen LogP contribution in [0.2, 0.25) is 5.02 Å². The van der Waals surface area contributed by atoms with Crippen LogP contribution in [0.4, 0.5) is 0 Å². The van der Waals surface area contributed by atoms with Crippen molar-refractivity contribution in [1.82, 2.24) is 0 Å².